The van der Waals surface area contributed by atoms with Crippen molar-refractivity contribution in [3.8, 4) is 5.75 Å². The van der Waals surface area contributed by atoms with E-state index in [0.717, 1.165) is 16.0 Å². The Hall–Kier alpha value is -0.960. The fourth-order valence-electron chi connectivity index (χ4n) is 2.10. The summed E-state index contributed by atoms with van der Waals surface area (Å²) in [5, 5.41) is 10.6. The monoisotopic (exact) mass is 308 g/mol. The Morgan fingerprint density at radius 1 is 1.05 bits per heavy atom. The number of carbonyl (C=O) groups excluding carboxylic acids is 1. The molecule has 0 unspecified atom stereocenters. The van der Waals surface area contributed by atoms with Crippen molar-refractivity contribution in [2.24, 2.45) is 0 Å². The first-order chi connectivity index (χ1) is 9.46. The summed E-state index contributed by atoms with van der Waals surface area (Å²) in [4.78, 5) is 12.6. The molecule has 0 saturated carbocycles. The molecule has 1 aromatic carbocycles. The van der Waals surface area contributed by atoms with Crippen molar-refractivity contribution >= 4 is 17.5 Å². The summed E-state index contributed by atoms with van der Waals surface area (Å²) < 4.78 is 0. The number of Topliss-reactive ketones (excluding diaryl/α,β-unsaturated/α-hetero) is 1. The maximum Gasteiger partial charge on any atom is 0.142 e. The number of phenols is 1. The fourth-order valence-corrected chi connectivity index (χ4v) is 3.03. The zero-order chi connectivity index (χ0) is 16.4. The van der Waals surface area contributed by atoms with Crippen molar-refractivity contribution in [2.45, 2.75) is 70.6 Å². The number of rotatable bonds is 4. The van der Waals surface area contributed by atoms with E-state index in [0.29, 0.717) is 17.9 Å². The molecule has 21 heavy (non-hydrogen) atoms. The highest BCUT2D eigenvalue weighted by molar-refractivity contribution is 8.00. The highest BCUT2D eigenvalue weighted by Gasteiger charge is 2.26. The van der Waals surface area contributed by atoms with Crippen LogP contribution in [0.15, 0.2) is 17.0 Å². The number of benzene rings is 1. The summed E-state index contributed by atoms with van der Waals surface area (Å²) in [6.45, 7) is 14.5. The Labute approximate surface area is 133 Å². The van der Waals surface area contributed by atoms with Crippen LogP contribution in [0.3, 0.4) is 0 Å². The minimum absolute atomic E-state index is 0.130. The largest absolute Gasteiger partial charge is 0.507 e. The normalized spacial score (nSPS) is 12.5. The number of phenolic OH excluding ortho intramolecular Hbond substituents is 1. The first kappa shape index (κ1) is 18.1. The molecule has 0 aliphatic heterocycles. The Morgan fingerprint density at radius 3 is 1.81 bits per heavy atom. The smallest absolute Gasteiger partial charge is 0.142 e. The number of ketones is 1. The molecule has 0 amide bonds. The molecule has 1 rings (SSSR count). The molecule has 3 heteroatoms. The van der Waals surface area contributed by atoms with E-state index >= 15 is 0 Å². The van der Waals surface area contributed by atoms with Gasteiger partial charge >= 0.3 is 0 Å². The molecule has 0 aliphatic rings. The molecular formula is C18H28O2S. The van der Waals surface area contributed by atoms with Crippen LogP contribution >= 0.6 is 11.8 Å². The summed E-state index contributed by atoms with van der Waals surface area (Å²) in [5.41, 5.74) is 1.63. The SMILES string of the molecule is CCC(=O)CSc1cc(C(C)(C)C)c(O)c(C(C)(C)C)c1. The summed E-state index contributed by atoms with van der Waals surface area (Å²) in [6.07, 6.45) is 0.573. The summed E-state index contributed by atoms with van der Waals surface area (Å²) in [5.74, 6) is 1.14. The third kappa shape index (κ3) is 4.77. The highest BCUT2D eigenvalue weighted by atomic mass is 32.2. The van der Waals surface area contributed by atoms with E-state index in [1.807, 2.05) is 19.1 Å². The van der Waals surface area contributed by atoms with Gasteiger partial charge < -0.3 is 5.11 Å². The molecule has 1 N–H and O–H groups in total. The average molecular weight is 308 g/mol. The predicted molar refractivity (Wildman–Crippen MR) is 91.5 cm³/mol. The van der Waals surface area contributed by atoms with Gasteiger partial charge in [-0.25, -0.2) is 0 Å². The van der Waals surface area contributed by atoms with Gasteiger partial charge in [-0.05, 0) is 23.0 Å². The van der Waals surface area contributed by atoms with Gasteiger partial charge in [0.25, 0.3) is 0 Å². The van der Waals surface area contributed by atoms with Crippen molar-refractivity contribution < 1.29 is 9.90 Å². The molecule has 1 aromatic rings. The summed E-state index contributed by atoms with van der Waals surface area (Å²) in [6, 6.07) is 4.05. The Balaban J connectivity index is 3.31. The van der Waals surface area contributed by atoms with E-state index in [1.54, 1.807) is 11.8 Å². The van der Waals surface area contributed by atoms with Gasteiger partial charge in [0.2, 0.25) is 0 Å². The maximum absolute atomic E-state index is 11.5. The third-order valence-electron chi connectivity index (χ3n) is 3.49. The quantitative estimate of drug-likeness (QED) is 0.790. The molecule has 0 saturated heterocycles. The predicted octanol–water partition coefficient (Wildman–Crippen LogP) is 5.06. The number of hydrogen-bond acceptors (Lipinski definition) is 3. The van der Waals surface area contributed by atoms with Crippen LogP contribution in [0, 0.1) is 0 Å². The molecule has 0 atom stereocenters. The third-order valence-corrected chi connectivity index (χ3v) is 4.53. The van der Waals surface area contributed by atoms with Crippen LogP contribution in [0.2, 0.25) is 0 Å². The van der Waals surface area contributed by atoms with Gasteiger partial charge in [0, 0.05) is 22.4 Å². The lowest BCUT2D eigenvalue weighted by Crippen LogP contribution is -2.17. The van der Waals surface area contributed by atoms with Crippen molar-refractivity contribution in [2.75, 3.05) is 5.75 Å². The molecule has 0 radical (unpaired) electrons. The second-order valence-electron chi connectivity index (χ2n) is 7.55. The van der Waals surface area contributed by atoms with E-state index < -0.39 is 0 Å². The Kier molecular flexibility index (Phi) is 5.54. The van der Waals surface area contributed by atoms with Gasteiger partial charge in [0.05, 0.1) is 5.75 Å². The van der Waals surface area contributed by atoms with Crippen molar-refractivity contribution in [3.05, 3.63) is 23.3 Å². The molecule has 0 spiro atoms. The topological polar surface area (TPSA) is 37.3 Å². The van der Waals surface area contributed by atoms with Gasteiger partial charge in [0.1, 0.15) is 11.5 Å². The van der Waals surface area contributed by atoms with Gasteiger partial charge in [-0.2, -0.15) is 0 Å². The van der Waals surface area contributed by atoms with E-state index in [-0.39, 0.29) is 16.6 Å². The van der Waals surface area contributed by atoms with Crippen LogP contribution in [0.5, 0.6) is 5.75 Å². The second kappa shape index (κ2) is 6.43. The van der Waals surface area contributed by atoms with Crippen LogP contribution in [0.4, 0.5) is 0 Å². The number of thioether (sulfide) groups is 1. The van der Waals surface area contributed by atoms with E-state index in [2.05, 4.69) is 41.5 Å². The minimum atomic E-state index is -0.130. The lowest BCUT2D eigenvalue weighted by Gasteiger charge is -2.28. The number of hydrogen-bond donors (Lipinski definition) is 1. The molecule has 0 aromatic heterocycles. The zero-order valence-electron chi connectivity index (χ0n) is 14.3. The van der Waals surface area contributed by atoms with E-state index in [9.17, 15) is 9.90 Å². The van der Waals surface area contributed by atoms with Crippen LogP contribution in [0.25, 0.3) is 0 Å². The molecule has 0 heterocycles. The van der Waals surface area contributed by atoms with Crippen molar-refractivity contribution in [1.82, 2.24) is 0 Å². The molecular weight excluding hydrogens is 280 g/mol. The lowest BCUT2D eigenvalue weighted by molar-refractivity contribution is -0.116. The standard InChI is InChI=1S/C18H28O2S/c1-8-12(19)11-21-13-9-14(17(2,3)4)16(20)15(10-13)18(5,6)7/h9-10,20H,8,11H2,1-7H3. The second-order valence-corrected chi connectivity index (χ2v) is 8.60. The van der Waals surface area contributed by atoms with Gasteiger partial charge in [-0.1, -0.05) is 48.5 Å². The van der Waals surface area contributed by atoms with Gasteiger partial charge in [-0.15, -0.1) is 11.8 Å². The van der Waals surface area contributed by atoms with Gasteiger partial charge in [0.15, 0.2) is 0 Å². The highest BCUT2D eigenvalue weighted by Crippen LogP contribution is 2.41. The maximum atomic E-state index is 11.5. The van der Waals surface area contributed by atoms with Gasteiger partial charge in [-0.3, -0.25) is 4.79 Å². The molecule has 118 valence electrons. The van der Waals surface area contributed by atoms with E-state index in [4.69, 9.17) is 0 Å². The Morgan fingerprint density at radius 2 is 1.48 bits per heavy atom. The fraction of sp³-hybridized carbons (Fsp3) is 0.611. The summed E-state index contributed by atoms with van der Waals surface area (Å²) >= 11 is 1.56. The van der Waals surface area contributed by atoms with Crippen LogP contribution in [0.1, 0.15) is 66.0 Å². The first-order valence-corrected chi connectivity index (χ1v) is 8.48. The summed E-state index contributed by atoms with van der Waals surface area (Å²) in [7, 11) is 0. The van der Waals surface area contributed by atoms with Crippen molar-refractivity contribution in [1.29, 1.82) is 0 Å². The molecule has 0 bridgehead atoms. The van der Waals surface area contributed by atoms with Crippen LogP contribution < -0.4 is 0 Å². The first-order valence-electron chi connectivity index (χ1n) is 7.49. The number of carbonyl (C=O) groups is 1. The minimum Gasteiger partial charge on any atom is -0.507 e. The van der Waals surface area contributed by atoms with Crippen LogP contribution in [-0.2, 0) is 15.6 Å². The van der Waals surface area contributed by atoms with Crippen LogP contribution in [-0.4, -0.2) is 16.6 Å². The average Bonchev–Trinajstić information content (AvgIpc) is 2.34. The molecule has 0 fully saturated rings. The van der Waals surface area contributed by atoms with E-state index in [1.165, 1.54) is 0 Å². The zero-order valence-corrected chi connectivity index (χ0v) is 15.1. The Bertz CT molecular complexity index is 484. The number of aromatic hydroxyl groups is 1. The molecule has 0 aliphatic carbocycles. The van der Waals surface area contributed by atoms with Crippen molar-refractivity contribution in [3.63, 3.8) is 0 Å². The lowest BCUT2D eigenvalue weighted by atomic mass is 9.79. The molecule has 2 nitrogen and oxygen atoms in total.